The van der Waals surface area contributed by atoms with Crippen LogP contribution >= 0.6 is 0 Å². The Labute approximate surface area is 87.3 Å². The van der Waals surface area contributed by atoms with Gasteiger partial charge >= 0.3 is 8.80 Å². The Balaban J connectivity index is 0.000000344. The Bertz CT molecular complexity index is 117. The third kappa shape index (κ3) is 5.04. The highest BCUT2D eigenvalue weighted by atomic mass is 28.4. The second-order valence-corrected chi connectivity index (χ2v) is 6.03. The van der Waals surface area contributed by atoms with E-state index in [1.807, 2.05) is 0 Å². The van der Waals surface area contributed by atoms with Crippen molar-refractivity contribution in [2.24, 2.45) is 5.73 Å². The molecule has 0 spiro atoms. The zero-order chi connectivity index (χ0) is 10.9. The van der Waals surface area contributed by atoms with Gasteiger partial charge in [-0.25, -0.2) is 0 Å². The fourth-order valence-corrected chi connectivity index (χ4v) is 2.38. The van der Waals surface area contributed by atoms with Crippen LogP contribution < -0.4 is 11.1 Å². The van der Waals surface area contributed by atoms with Crippen molar-refractivity contribution in [2.75, 3.05) is 41.0 Å². The third-order valence-corrected chi connectivity index (χ3v) is 4.86. The molecule has 14 heavy (non-hydrogen) atoms. The van der Waals surface area contributed by atoms with Crippen molar-refractivity contribution in [2.45, 2.75) is 12.5 Å². The molecule has 1 aliphatic heterocycles. The maximum absolute atomic E-state index is 5.34. The molecule has 0 saturated carbocycles. The average Bonchev–Trinajstić information content (AvgIpc) is 2.12. The van der Waals surface area contributed by atoms with E-state index >= 15 is 0 Å². The molecule has 1 saturated heterocycles. The van der Waals surface area contributed by atoms with Gasteiger partial charge < -0.3 is 24.3 Å². The highest BCUT2D eigenvalue weighted by Crippen LogP contribution is 2.10. The predicted octanol–water partition coefficient (Wildman–Crippen LogP) is -0.197. The lowest BCUT2D eigenvalue weighted by atomic mass is 10.3. The second-order valence-electron chi connectivity index (χ2n) is 2.94. The number of nitrogens with two attached hydrogens (primary N) is 1. The Morgan fingerprint density at radius 2 is 1.50 bits per heavy atom. The van der Waals surface area contributed by atoms with Crippen LogP contribution in [0.5, 0.6) is 0 Å². The van der Waals surface area contributed by atoms with Crippen molar-refractivity contribution in [3.05, 3.63) is 0 Å². The quantitative estimate of drug-likeness (QED) is 0.631. The number of hydrogen-bond donors (Lipinski definition) is 2. The Kier molecular flexibility index (Phi) is 8.35. The van der Waals surface area contributed by atoms with Crippen molar-refractivity contribution in [3.63, 3.8) is 0 Å². The summed E-state index contributed by atoms with van der Waals surface area (Å²) >= 11 is 0. The minimum atomic E-state index is -2.34. The normalized spacial score (nSPS) is 15.4. The SMILES string of the molecule is C1CNC1.CO[Si](CCN)(OC)OC. The van der Waals surface area contributed by atoms with Crippen LogP contribution in [-0.2, 0) is 13.3 Å². The molecular formula is C8H22N2O3Si. The highest BCUT2D eigenvalue weighted by Gasteiger charge is 2.36. The largest absolute Gasteiger partial charge is 0.501 e. The Morgan fingerprint density at radius 3 is 1.57 bits per heavy atom. The van der Waals surface area contributed by atoms with E-state index in [1.54, 1.807) is 21.3 Å². The number of nitrogens with one attached hydrogen (secondary N) is 1. The zero-order valence-corrected chi connectivity index (χ0v) is 10.3. The summed E-state index contributed by atoms with van der Waals surface area (Å²) in [6.45, 7) is 3.03. The molecule has 0 unspecified atom stereocenters. The van der Waals surface area contributed by atoms with E-state index in [0.29, 0.717) is 12.6 Å². The van der Waals surface area contributed by atoms with Gasteiger partial charge in [0.1, 0.15) is 0 Å². The van der Waals surface area contributed by atoms with Gasteiger partial charge in [0, 0.05) is 27.4 Å². The van der Waals surface area contributed by atoms with Gasteiger partial charge in [0.25, 0.3) is 0 Å². The molecule has 3 N–H and O–H groups in total. The first-order valence-electron chi connectivity index (χ1n) is 4.81. The van der Waals surface area contributed by atoms with Crippen molar-refractivity contribution in [3.8, 4) is 0 Å². The molecule has 0 atom stereocenters. The molecule has 1 rings (SSSR count). The maximum atomic E-state index is 5.34. The van der Waals surface area contributed by atoms with E-state index in [2.05, 4.69) is 5.32 Å². The van der Waals surface area contributed by atoms with Crippen molar-refractivity contribution < 1.29 is 13.3 Å². The number of hydrogen-bond acceptors (Lipinski definition) is 5. The highest BCUT2D eigenvalue weighted by molar-refractivity contribution is 6.60. The van der Waals surface area contributed by atoms with Gasteiger partial charge in [-0.3, -0.25) is 0 Å². The summed E-state index contributed by atoms with van der Waals surface area (Å²) < 4.78 is 15.3. The maximum Gasteiger partial charge on any atom is 0.501 e. The van der Waals surface area contributed by atoms with Gasteiger partial charge in [0.2, 0.25) is 0 Å². The summed E-state index contributed by atoms with van der Waals surface area (Å²) in [5.41, 5.74) is 5.34. The third-order valence-electron chi connectivity index (χ3n) is 2.09. The first-order valence-corrected chi connectivity index (χ1v) is 6.74. The molecule has 5 nitrogen and oxygen atoms in total. The lowest BCUT2D eigenvalue weighted by molar-refractivity contribution is 0.124. The van der Waals surface area contributed by atoms with Gasteiger partial charge in [0.05, 0.1) is 0 Å². The van der Waals surface area contributed by atoms with Crippen molar-refractivity contribution >= 4 is 8.80 Å². The van der Waals surface area contributed by atoms with Gasteiger partial charge in [-0.1, -0.05) is 0 Å². The minimum Gasteiger partial charge on any atom is -0.377 e. The molecule has 0 bridgehead atoms. The second kappa shape index (κ2) is 8.34. The lowest BCUT2D eigenvalue weighted by Crippen LogP contribution is -2.44. The summed E-state index contributed by atoms with van der Waals surface area (Å²) in [4.78, 5) is 0. The molecule has 1 aliphatic rings. The summed E-state index contributed by atoms with van der Waals surface area (Å²) in [6, 6.07) is 0.663. The monoisotopic (exact) mass is 222 g/mol. The molecule has 0 aromatic rings. The molecule has 0 aliphatic carbocycles. The van der Waals surface area contributed by atoms with Gasteiger partial charge in [-0.15, -0.1) is 0 Å². The van der Waals surface area contributed by atoms with Crippen LogP contribution in [0, 0.1) is 0 Å². The van der Waals surface area contributed by atoms with Gasteiger partial charge in [-0.2, -0.15) is 0 Å². The van der Waals surface area contributed by atoms with Crippen LogP contribution in [0.15, 0.2) is 0 Å². The standard InChI is InChI=1S/C5H15NO3Si.C3H7N/c1-7-10(8-2,9-3)5-4-6;1-2-4-3-1/h4-6H2,1-3H3;4H,1-3H2. The van der Waals surface area contributed by atoms with Crippen LogP contribution in [0.4, 0.5) is 0 Å². The van der Waals surface area contributed by atoms with Crippen molar-refractivity contribution in [1.29, 1.82) is 0 Å². The molecule has 86 valence electrons. The van der Waals surface area contributed by atoms with Gasteiger partial charge in [-0.05, 0) is 26.1 Å². The molecule has 0 amide bonds. The fraction of sp³-hybridized carbons (Fsp3) is 1.00. The molecule has 1 fully saturated rings. The van der Waals surface area contributed by atoms with Crippen LogP contribution in [-0.4, -0.2) is 49.8 Å². The first kappa shape index (κ1) is 14.0. The number of rotatable bonds is 5. The lowest BCUT2D eigenvalue weighted by Gasteiger charge is -2.23. The van der Waals surface area contributed by atoms with E-state index < -0.39 is 8.80 Å². The minimum absolute atomic E-state index is 0.530. The van der Waals surface area contributed by atoms with Gasteiger partial charge in [0.15, 0.2) is 0 Å². The average molecular weight is 222 g/mol. The van der Waals surface area contributed by atoms with Crippen LogP contribution in [0.25, 0.3) is 0 Å². The summed E-state index contributed by atoms with van der Waals surface area (Å²) in [5, 5.41) is 3.11. The van der Waals surface area contributed by atoms with E-state index in [0.717, 1.165) is 0 Å². The molecule has 1 heterocycles. The smallest absolute Gasteiger partial charge is 0.377 e. The molecular weight excluding hydrogens is 200 g/mol. The predicted molar refractivity (Wildman–Crippen MR) is 58.1 cm³/mol. The summed E-state index contributed by atoms with van der Waals surface area (Å²) in [7, 11) is 2.39. The van der Waals surface area contributed by atoms with E-state index in [4.69, 9.17) is 19.0 Å². The van der Waals surface area contributed by atoms with Crippen LogP contribution in [0.2, 0.25) is 6.04 Å². The Morgan fingerprint density at radius 1 is 1.14 bits per heavy atom. The van der Waals surface area contributed by atoms with Crippen LogP contribution in [0.1, 0.15) is 6.42 Å². The molecule has 0 radical (unpaired) electrons. The summed E-state index contributed by atoms with van der Waals surface area (Å²) in [5.74, 6) is 0. The fourth-order valence-electron chi connectivity index (χ4n) is 0.910. The molecule has 0 aromatic carbocycles. The topological polar surface area (TPSA) is 65.7 Å². The van der Waals surface area contributed by atoms with E-state index in [1.165, 1.54) is 19.5 Å². The van der Waals surface area contributed by atoms with E-state index in [-0.39, 0.29) is 0 Å². The Hall–Kier alpha value is 0.0169. The first-order chi connectivity index (χ1) is 6.74. The van der Waals surface area contributed by atoms with Crippen molar-refractivity contribution in [1.82, 2.24) is 5.32 Å². The van der Waals surface area contributed by atoms with Crippen LogP contribution in [0.3, 0.4) is 0 Å². The molecule has 0 aromatic heterocycles. The van der Waals surface area contributed by atoms with E-state index in [9.17, 15) is 0 Å². The summed E-state index contributed by atoms with van der Waals surface area (Å²) in [6.07, 6.45) is 1.39. The zero-order valence-electron chi connectivity index (χ0n) is 9.34. The molecule has 6 heteroatoms.